The third kappa shape index (κ3) is 7.42. The first-order chi connectivity index (χ1) is 18.8. The Morgan fingerprint density at radius 2 is 1.73 bits per heavy atom. The van der Waals surface area contributed by atoms with Gasteiger partial charge < -0.3 is 19.9 Å². The van der Waals surface area contributed by atoms with E-state index in [-0.39, 0.29) is 17.1 Å². The first-order valence-corrected chi connectivity index (χ1v) is 14.4. The minimum Gasteiger partial charge on any atom is -0.444 e. The van der Waals surface area contributed by atoms with E-state index in [9.17, 15) is 14.0 Å². The Labute approximate surface area is 243 Å². The first-order valence-electron chi connectivity index (χ1n) is 13.1. The number of thiazole rings is 1. The molecule has 0 aliphatic carbocycles. The molecule has 3 amide bonds. The summed E-state index contributed by atoms with van der Waals surface area (Å²) in [5, 5.41) is 8.02. The Balaban J connectivity index is 1.25. The average Bonchev–Trinajstić information content (AvgIpc) is 3.38. The zero-order valence-electron chi connectivity index (χ0n) is 23.4. The lowest BCUT2D eigenvalue weighted by molar-refractivity contribution is 0.0240. The second-order valence-corrected chi connectivity index (χ2v) is 12.5. The van der Waals surface area contributed by atoms with Gasteiger partial charge in [-0.05, 0) is 56.2 Å². The SMILES string of the molecule is CC(C)(C)OC(=O)N1CCN(c2ccc(CNC(=O)Nc3nc(C(C)(C)c4ccc(Cl)c(F)c4)cs3)cc2)CC1. The van der Waals surface area contributed by atoms with Gasteiger partial charge in [-0.25, -0.2) is 19.0 Å². The minimum absolute atomic E-state index is 0.0737. The van der Waals surface area contributed by atoms with Crippen LogP contribution in [-0.4, -0.2) is 53.8 Å². The van der Waals surface area contributed by atoms with Gasteiger partial charge in [0.1, 0.15) is 11.4 Å². The van der Waals surface area contributed by atoms with E-state index in [2.05, 4.69) is 20.5 Å². The van der Waals surface area contributed by atoms with E-state index < -0.39 is 16.8 Å². The Morgan fingerprint density at radius 3 is 2.35 bits per heavy atom. The van der Waals surface area contributed by atoms with Gasteiger partial charge in [-0.15, -0.1) is 11.3 Å². The predicted molar refractivity (Wildman–Crippen MR) is 158 cm³/mol. The van der Waals surface area contributed by atoms with Crippen LogP contribution < -0.4 is 15.5 Å². The number of nitrogens with zero attached hydrogens (tertiary/aromatic N) is 3. The fourth-order valence-electron chi connectivity index (χ4n) is 4.27. The quantitative estimate of drug-likeness (QED) is 0.338. The maximum atomic E-state index is 14.0. The van der Waals surface area contributed by atoms with Gasteiger partial charge in [-0.3, -0.25) is 5.32 Å². The van der Waals surface area contributed by atoms with Crippen LogP contribution in [0.3, 0.4) is 0 Å². The maximum Gasteiger partial charge on any atom is 0.410 e. The molecular weight excluding hydrogens is 553 g/mol. The Hall–Kier alpha value is -3.37. The lowest BCUT2D eigenvalue weighted by Crippen LogP contribution is -2.50. The van der Waals surface area contributed by atoms with Crippen LogP contribution in [0.1, 0.15) is 51.4 Å². The number of urea groups is 1. The second-order valence-electron chi connectivity index (χ2n) is 11.2. The summed E-state index contributed by atoms with van der Waals surface area (Å²) in [6.45, 7) is 12.5. The van der Waals surface area contributed by atoms with E-state index in [1.807, 2.05) is 64.3 Å². The molecular formula is C29H35ClFN5O3S. The van der Waals surface area contributed by atoms with Gasteiger partial charge in [0.25, 0.3) is 0 Å². The number of hydrogen-bond donors (Lipinski definition) is 2. The number of amides is 3. The van der Waals surface area contributed by atoms with Gasteiger partial charge in [0.2, 0.25) is 0 Å². The smallest absolute Gasteiger partial charge is 0.410 e. The molecule has 0 saturated carbocycles. The number of ether oxygens (including phenoxy) is 1. The summed E-state index contributed by atoms with van der Waals surface area (Å²) in [6.07, 6.45) is -0.276. The third-order valence-corrected chi connectivity index (χ3v) is 7.76. The molecule has 11 heteroatoms. The molecule has 1 aliphatic heterocycles. The maximum absolute atomic E-state index is 14.0. The van der Waals surface area contributed by atoms with Gasteiger partial charge in [0, 0.05) is 49.2 Å². The lowest BCUT2D eigenvalue weighted by atomic mass is 9.82. The number of hydrogen-bond acceptors (Lipinski definition) is 6. The summed E-state index contributed by atoms with van der Waals surface area (Å²) in [6, 6.07) is 12.4. The number of nitrogens with one attached hydrogen (secondary N) is 2. The average molecular weight is 588 g/mol. The van der Waals surface area contributed by atoms with Crippen LogP contribution in [-0.2, 0) is 16.7 Å². The number of carbonyl (C=O) groups is 2. The molecule has 0 atom stereocenters. The van der Waals surface area contributed by atoms with Gasteiger partial charge in [0.15, 0.2) is 5.13 Å². The number of piperazine rings is 1. The van der Waals surface area contributed by atoms with E-state index in [1.54, 1.807) is 11.0 Å². The number of anilines is 2. The molecule has 2 heterocycles. The topological polar surface area (TPSA) is 86.8 Å². The Bertz CT molecular complexity index is 1350. The van der Waals surface area contributed by atoms with Gasteiger partial charge in [-0.1, -0.05) is 43.6 Å². The third-order valence-electron chi connectivity index (χ3n) is 6.69. The summed E-state index contributed by atoms with van der Waals surface area (Å²) < 4.78 is 19.5. The molecule has 4 rings (SSSR count). The van der Waals surface area contributed by atoms with Crippen LogP contribution in [0.25, 0.3) is 0 Å². The minimum atomic E-state index is -0.567. The summed E-state index contributed by atoms with van der Waals surface area (Å²) in [5.41, 5.74) is 2.41. The molecule has 1 aliphatic rings. The van der Waals surface area contributed by atoms with Crippen LogP contribution in [0.4, 0.5) is 24.8 Å². The molecule has 3 aromatic rings. The van der Waals surface area contributed by atoms with Crippen molar-refractivity contribution in [2.24, 2.45) is 0 Å². The normalized spacial score (nSPS) is 14.2. The van der Waals surface area contributed by atoms with E-state index >= 15 is 0 Å². The largest absolute Gasteiger partial charge is 0.444 e. The van der Waals surface area contributed by atoms with Crippen LogP contribution in [0.2, 0.25) is 5.02 Å². The van der Waals surface area contributed by atoms with Crippen LogP contribution >= 0.6 is 22.9 Å². The summed E-state index contributed by atoms with van der Waals surface area (Å²) in [5.74, 6) is -0.478. The van der Waals surface area contributed by atoms with Crippen molar-refractivity contribution < 1.29 is 18.7 Å². The fraction of sp³-hybridized carbons (Fsp3) is 0.414. The summed E-state index contributed by atoms with van der Waals surface area (Å²) in [4.78, 5) is 33.3. The molecule has 0 unspecified atom stereocenters. The monoisotopic (exact) mass is 587 g/mol. The van der Waals surface area contributed by atoms with Crippen LogP contribution in [0.5, 0.6) is 0 Å². The van der Waals surface area contributed by atoms with E-state index in [4.69, 9.17) is 16.3 Å². The molecule has 0 spiro atoms. The van der Waals surface area contributed by atoms with Gasteiger partial charge >= 0.3 is 12.1 Å². The highest BCUT2D eigenvalue weighted by Crippen LogP contribution is 2.34. The van der Waals surface area contributed by atoms with E-state index in [1.165, 1.54) is 23.5 Å². The highest BCUT2D eigenvalue weighted by atomic mass is 35.5. The zero-order chi connectivity index (χ0) is 29.1. The first kappa shape index (κ1) is 29.6. The van der Waals surface area contributed by atoms with Crippen molar-refractivity contribution in [1.29, 1.82) is 0 Å². The predicted octanol–water partition coefficient (Wildman–Crippen LogP) is 6.64. The summed E-state index contributed by atoms with van der Waals surface area (Å²) >= 11 is 7.13. The van der Waals surface area contributed by atoms with Crippen molar-refractivity contribution in [2.45, 2.75) is 52.2 Å². The molecule has 40 heavy (non-hydrogen) atoms. The highest BCUT2D eigenvalue weighted by molar-refractivity contribution is 7.13. The van der Waals surface area contributed by atoms with Crippen molar-refractivity contribution in [3.05, 3.63) is 75.5 Å². The second kappa shape index (κ2) is 12.0. The Kier molecular flexibility index (Phi) is 8.90. The molecule has 1 fully saturated rings. The standard InChI is InChI=1S/C29H35ClFN5O3S/c1-28(2,3)39-27(38)36-14-12-35(13-15-36)21-9-6-19(7-10-21)17-32-25(37)34-26-33-24(18-40-26)29(4,5)20-8-11-22(30)23(31)16-20/h6-11,16,18H,12-15,17H2,1-5H3,(H2,32,33,34,37). The van der Waals surface area contributed by atoms with Crippen molar-refractivity contribution in [3.63, 3.8) is 0 Å². The molecule has 8 nitrogen and oxygen atoms in total. The molecule has 1 aromatic heterocycles. The van der Waals surface area contributed by atoms with Gasteiger partial charge in [-0.2, -0.15) is 0 Å². The molecule has 1 saturated heterocycles. The van der Waals surface area contributed by atoms with Crippen LogP contribution in [0.15, 0.2) is 47.8 Å². The molecule has 0 bridgehead atoms. The molecule has 0 radical (unpaired) electrons. The van der Waals surface area contributed by atoms with Crippen LogP contribution in [0, 0.1) is 5.82 Å². The highest BCUT2D eigenvalue weighted by Gasteiger charge is 2.28. The number of benzene rings is 2. The lowest BCUT2D eigenvalue weighted by Gasteiger charge is -2.36. The fourth-order valence-corrected chi connectivity index (χ4v) is 5.26. The van der Waals surface area contributed by atoms with Crippen molar-refractivity contribution in [1.82, 2.24) is 15.2 Å². The van der Waals surface area contributed by atoms with Crippen molar-refractivity contribution >= 4 is 45.9 Å². The number of carbonyl (C=O) groups excluding carboxylic acids is 2. The molecule has 2 aromatic carbocycles. The molecule has 214 valence electrons. The van der Waals surface area contributed by atoms with Crippen molar-refractivity contribution in [2.75, 3.05) is 36.4 Å². The Morgan fingerprint density at radius 1 is 1.05 bits per heavy atom. The number of aromatic nitrogens is 1. The molecule has 2 N–H and O–H groups in total. The zero-order valence-corrected chi connectivity index (χ0v) is 25.0. The number of rotatable bonds is 6. The van der Waals surface area contributed by atoms with E-state index in [0.29, 0.717) is 24.8 Å². The number of halogens is 2. The van der Waals surface area contributed by atoms with Crippen molar-refractivity contribution in [3.8, 4) is 0 Å². The van der Waals surface area contributed by atoms with E-state index in [0.717, 1.165) is 35.6 Å². The summed E-state index contributed by atoms with van der Waals surface area (Å²) in [7, 11) is 0. The van der Waals surface area contributed by atoms with Gasteiger partial charge in [0.05, 0.1) is 10.7 Å².